The van der Waals surface area contributed by atoms with Gasteiger partial charge >= 0.3 is 0 Å². The Morgan fingerprint density at radius 2 is 0.641 bits per heavy atom. The van der Waals surface area contributed by atoms with Crippen molar-refractivity contribution in [1.29, 1.82) is 0 Å². The van der Waals surface area contributed by atoms with E-state index < -0.39 is 10.8 Å². The summed E-state index contributed by atoms with van der Waals surface area (Å²) < 4.78 is 0. The molecule has 9 aromatic rings. The second-order valence-electron chi connectivity index (χ2n) is 18.6. The van der Waals surface area contributed by atoms with Crippen molar-refractivity contribution in [3.8, 4) is 11.1 Å². The molecule has 2 nitrogen and oxygen atoms in total. The van der Waals surface area contributed by atoms with E-state index in [1.807, 2.05) is 0 Å². The monoisotopic (exact) mass is 828 g/mol. The lowest BCUT2D eigenvalue weighted by Crippen LogP contribution is -2.49. The van der Waals surface area contributed by atoms with Gasteiger partial charge in [-0.05, 0) is 164 Å². The zero-order valence-electron chi connectivity index (χ0n) is 38.4. The van der Waals surface area contributed by atoms with E-state index in [0.29, 0.717) is 0 Å². The van der Waals surface area contributed by atoms with Gasteiger partial charge in [-0.25, -0.2) is 0 Å². The number of hydrogen-bond acceptors (Lipinski definition) is 2. The predicted octanol–water partition coefficient (Wildman–Crippen LogP) is 16.9. The molecule has 0 saturated carbocycles. The summed E-state index contributed by atoms with van der Waals surface area (Å²) in [5.74, 6) is 0. The van der Waals surface area contributed by atoms with Gasteiger partial charge in [0.2, 0.25) is 0 Å². The fourth-order valence-electron chi connectivity index (χ4n) is 10.5. The lowest BCUT2D eigenvalue weighted by Gasteiger charge is -2.53. The van der Waals surface area contributed by atoms with Crippen molar-refractivity contribution in [3.05, 3.63) is 250 Å². The van der Waals surface area contributed by atoms with Crippen molar-refractivity contribution in [2.75, 3.05) is 9.80 Å². The molecule has 0 bridgehead atoms. The molecule has 2 atom stereocenters. The van der Waals surface area contributed by atoms with Gasteiger partial charge in [0.25, 0.3) is 0 Å². The topological polar surface area (TPSA) is 6.48 Å². The number of benzene rings is 9. The molecule has 0 radical (unpaired) electrons. The van der Waals surface area contributed by atoms with E-state index in [9.17, 15) is 0 Å². The first-order valence-electron chi connectivity index (χ1n) is 22.7. The van der Waals surface area contributed by atoms with E-state index in [1.54, 1.807) is 0 Å². The van der Waals surface area contributed by atoms with Crippen LogP contribution in [0.3, 0.4) is 0 Å². The zero-order chi connectivity index (χ0) is 44.3. The summed E-state index contributed by atoms with van der Waals surface area (Å²) in [6.07, 6.45) is 0. The second-order valence-corrected chi connectivity index (χ2v) is 18.6. The van der Waals surface area contributed by atoms with Crippen LogP contribution in [-0.4, -0.2) is 0 Å². The molecule has 9 aromatic carbocycles. The van der Waals surface area contributed by atoms with Crippen LogP contribution < -0.4 is 9.80 Å². The number of fused-ring (bicyclic) bond motifs is 5. The van der Waals surface area contributed by atoms with Gasteiger partial charge in [-0.1, -0.05) is 163 Å². The maximum absolute atomic E-state index is 2.51. The van der Waals surface area contributed by atoms with Crippen LogP contribution in [0.5, 0.6) is 0 Å². The van der Waals surface area contributed by atoms with Crippen molar-refractivity contribution >= 4 is 44.9 Å². The quantitative estimate of drug-likeness (QED) is 0.151. The average molecular weight is 829 g/mol. The molecule has 314 valence electrons. The Morgan fingerprint density at radius 3 is 1.03 bits per heavy atom. The molecular weight excluding hydrogens is 773 g/mol. The highest BCUT2D eigenvalue weighted by Crippen LogP contribution is 2.61. The van der Waals surface area contributed by atoms with Crippen molar-refractivity contribution in [2.45, 2.75) is 66.2 Å². The van der Waals surface area contributed by atoms with E-state index in [4.69, 9.17) is 0 Å². The third-order valence-electron chi connectivity index (χ3n) is 14.3. The van der Waals surface area contributed by atoms with Crippen molar-refractivity contribution in [2.24, 2.45) is 0 Å². The molecule has 1 aliphatic rings. The highest BCUT2D eigenvalue weighted by atomic mass is 15.1. The highest BCUT2D eigenvalue weighted by molar-refractivity contribution is 6.03. The fourth-order valence-corrected chi connectivity index (χ4v) is 10.5. The third-order valence-corrected chi connectivity index (χ3v) is 14.3. The Balaban J connectivity index is 1.19. The average Bonchev–Trinajstić information content (AvgIpc) is 3.31. The van der Waals surface area contributed by atoms with Gasteiger partial charge in [-0.2, -0.15) is 0 Å². The minimum atomic E-state index is -0.496. The summed E-state index contributed by atoms with van der Waals surface area (Å²) in [5.41, 5.74) is 21.3. The first-order chi connectivity index (χ1) is 30.9. The van der Waals surface area contributed by atoms with E-state index in [2.05, 4.69) is 259 Å². The maximum Gasteiger partial charge on any atom is 0.0461 e. The van der Waals surface area contributed by atoms with Crippen LogP contribution in [0.2, 0.25) is 0 Å². The normalized spacial score (nSPS) is 16.6. The van der Waals surface area contributed by atoms with Gasteiger partial charge in [0.05, 0.1) is 0 Å². The largest absolute Gasteiger partial charge is 0.311 e. The first-order valence-corrected chi connectivity index (χ1v) is 22.7. The van der Waals surface area contributed by atoms with Crippen LogP contribution in [0.15, 0.2) is 194 Å². The van der Waals surface area contributed by atoms with E-state index in [0.717, 1.165) is 34.1 Å². The zero-order valence-corrected chi connectivity index (χ0v) is 38.4. The number of aryl methyl sites for hydroxylation is 6. The minimum absolute atomic E-state index is 0.484. The van der Waals surface area contributed by atoms with Crippen LogP contribution >= 0.6 is 0 Å². The number of hydrogen-bond donors (Lipinski definition) is 0. The Bertz CT molecular complexity index is 3050. The maximum atomic E-state index is 2.51. The molecule has 0 amide bonds. The molecule has 0 fully saturated rings. The Morgan fingerprint density at radius 1 is 0.312 bits per heavy atom. The van der Waals surface area contributed by atoms with E-state index in [-0.39, 0.29) is 0 Å². The van der Waals surface area contributed by atoms with Crippen LogP contribution in [0.4, 0.5) is 34.1 Å². The predicted molar refractivity (Wildman–Crippen MR) is 273 cm³/mol. The Labute approximate surface area is 380 Å². The summed E-state index contributed by atoms with van der Waals surface area (Å²) in [7, 11) is 0. The van der Waals surface area contributed by atoms with Gasteiger partial charge in [-0.3, -0.25) is 0 Å². The van der Waals surface area contributed by atoms with Crippen LogP contribution in [0.25, 0.3) is 21.9 Å². The van der Waals surface area contributed by atoms with Gasteiger partial charge in [0.15, 0.2) is 0 Å². The Hall–Kier alpha value is -7.16. The van der Waals surface area contributed by atoms with Crippen molar-refractivity contribution in [3.63, 3.8) is 0 Å². The lowest BCUT2D eigenvalue weighted by molar-refractivity contribution is 0.356. The summed E-state index contributed by atoms with van der Waals surface area (Å²) >= 11 is 0. The molecule has 0 N–H and O–H groups in total. The smallest absolute Gasteiger partial charge is 0.0461 e. The molecule has 0 aliphatic heterocycles. The second kappa shape index (κ2) is 15.9. The molecule has 10 rings (SSSR count). The molecule has 0 aromatic heterocycles. The fraction of sp³-hybridized carbons (Fsp3) is 0.161. The first kappa shape index (κ1) is 40.9. The Kier molecular flexibility index (Phi) is 10.1. The number of anilines is 6. The highest BCUT2D eigenvalue weighted by Gasteiger charge is 2.54. The molecule has 0 spiro atoms. The lowest BCUT2D eigenvalue weighted by atomic mass is 9.48. The van der Waals surface area contributed by atoms with Crippen LogP contribution in [0.1, 0.15) is 69.5 Å². The van der Waals surface area contributed by atoms with Gasteiger partial charge < -0.3 is 9.80 Å². The van der Waals surface area contributed by atoms with E-state index >= 15 is 0 Å². The van der Waals surface area contributed by atoms with Crippen molar-refractivity contribution in [1.82, 2.24) is 0 Å². The summed E-state index contributed by atoms with van der Waals surface area (Å²) in [6, 6.07) is 73.1. The standard InChI is InChI=1S/C62H56N2/c1-41-13-26-49(27-14-41)63(50-28-15-42(2)16-29-50)53-34-22-47(23-35-53)61(7)58-39-45(5)21-38-57(58)60-56-12-10-9-11-55(56)46(6)40-59(60)62(61,8)48-24-36-54(37-25-48)64(51-30-17-43(3)18-31-51)52-32-19-44(4)20-33-52/h9-40H,1-8H3. The summed E-state index contributed by atoms with van der Waals surface area (Å²) in [6.45, 7) is 18.1. The molecule has 2 unspecified atom stereocenters. The van der Waals surface area contributed by atoms with Gasteiger partial charge in [0, 0.05) is 45.0 Å². The summed E-state index contributed by atoms with van der Waals surface area (Å²) in [4.78, 5) is 4.75. The van der Waals surface area contributed by atoms with Gasteiger partial charge in [0.1, 0.15) is 0 Å². The van der Waals surface area contributed by atoms with Crippen LogP contribution in [0, 0.1) is 41.5 Å². The minimum Gasteiger partial charge on any atom is -0.311 e. The molecule has 64 heavy (non-hydrogen) atoms. The molecule has 0 saturated heterocycles. The summed E-state index contributed by atoms with van der Waals surface area (Å²) in [5, 5.41) is 2.61. The number of rotatable bonds is 8. The third kappa shape index (κ3) is 6.72. The van der Waals surface area contributed by atoms with Crippen LogP contribution in [-0.2, 0) is 10.8 Å². The molecule has 0 heterocycles. The number of nitrogens with zero attached hydrogens (tertiary/aromatic N) is 2. The SMILES string of the molecule is Cc1ccc(N(c2ccc(C)cc2)c2ccc(C3(C)c4cc(C)ccc4-c4c(cc(C)c5ccccc45)C3(C)c3ccc(N(c4ccc(C)cc4)c4ccc(C)cc4)cc3)cc2)cc1. The molecular formula is C62H56N2. The molecule has 2 heteroatoms. The molecule has 1 aliphatic carbocycles. The van der Waals surface area contributed by atoms with Crippen molar-refractivity contribution < 1.29 is 0 Å². The van der Waals surface area contributed by atoms with E-state index in [1.165, 1.54) is 77.5 Å². The van der Waals surface area contributed by atoms with Gasteiger partial charge in [-0.15, -0.1) is 0 Å².